The highest BCUT2D eigenvalue weighted by Crippen LogP contribution is 2.32. The molecule has 0 aromatic heterocycles. The molecule has 0 saturated carbocycles. The predicted molar refractivity (Wildman–Crippen MR) is 106 cm³/mol. The van der Waals surface area contributed by atoms with Crippen LogP contribution in [0, 0.1) is 0 Å². The van der Waals surface area contributed by atoms with Crippen LogP contribution in [0.3, 0.4) is 0 Å². The van der Waals surface area contributed by atoms with Gasteiger partial charge in [0.05, 0.1) is 17.0 Å². The minimum Gasteiger partial charge on any atom is -0.452 e. The fourth-order valence-electron chi connectivity index (χ4n) is 2.66. The van der Waals surface area contributed by atoms with Crippen LogP contribution in [0.2, 0.25) is 0 Å². The molecule has 2 amide bonds. The Bertz CT molecular complexity index is 937. The highest BCUT2D eigenvalue weighted by Gasteiger charge is 2.18. The number of benzene rings is 2. The van der Waals surface area contributed by atoms with Crippen LogP contribution >= 0.6 is 11.8 Å². The topological polar surface area (TPSA) is 93.7 Å². The summed E-state index contributed by atoms with van der Waals surface area (Å²) in [4.78, 5) is 36.3. The van der Waals surface area contributed by atoms with Gasteiger partial charge in [-0.3, -0.25) is 9.59 Å². The van der Waals surface area contributed by atoms with Crippen molar-refractivity contribution in [3.05, 3.63) is 53.6 Å². The first-order chi connectivity index (χ1) is 14.4. The van der Waals surface area contributed by atoms with Gasteiger partial charge in [-0.05, 0) is 42.3 Å². The molecule has 1 aliphatic rings. The molecule has 0 radical (unpaired) electrons. The van der Waals surface area contributed by atoms with Gasteiger partial charge in [0.1, 0.15) is 5.75 Å². The molecular weight excluding hydrogens is 418 g/mol. The second kappa shape index (κ2) is 10.1. The van der Waals surface area contributed by atoms with Crippen LogP contribution in [0.1, 0.15) is 15.9 Å². The quantitative estimate of drug-likeness (QED) is 0.618. The van der Waals surface area contributed by atoms with Gasteiger partial charge in [0, 0.05) is 11.4 Å². The van der Waals surface area contributed by atoms with Crippen molar-refractivity contribution >= 4 is 35.2 Å². The molecule has 10 heteroatoms. The summed E-state index contributed by atoms with van der Waals surface area (Å²) in [6.45, 7) is -3.04. The maximum absolute atomic E-state index is 12.1. The Morgan fingerprint density at radius 2 is 1.93 bits per heavy atom. The van der Waals surface area contributed by atoms with E-state index in [-0.39, 0.29) is 23.8 Å². The molecule has 158 valence electrons. The van der Waals surface area contributed by atoms with E-state index in [1.165, 1.54) is 30.0 Å². The number of amides is 2. The van der Waals surface area contributed by atoms with Gasteiger partial charge in [0.15, 0.2) is 6.61 Å². The van der Waals surface area contributed by atoms with Crippen LogP contribution in [0.4, 0.5) is 14.5 Å². The van der Waals surface area contributed by atoms with Crippen molar-refractivity contribution in [3.8, 4) is 5.75 Å². The van der Waals surface area contributed by atoms with Gasteiger partial charge >= 0.3 is 12.6 Å². The molecule has 0 spiro atoms. The van der Waals surface area contributed by atoms with Crippen LogP contribution in [0.15, 0.2) is 47.4 Å². The molecule has 2 aromatic carbocycles. The van der Waals surface area contributed by atoms with Crippen molar-refractivity contribution in [1.82, 2.24) is 5.32 Å². The van der Waals surface area contributed by atoms with Gasteiger partial charge in [0.2, 0.25) is 5.91 Å². The maximum atomic E-state index is 12.1. The third kappa shape index (κ3) is 6.18. The number of nitrogens with one attached hydrogen (secondary N) is 2. The Kier molecular flexibility index (Phi) is 7.23. The molecule has 0 aliphatic carbocycles. The molecule has 2 aromatic rings. The zero-order chi connectivity index (χ0) is 21.5. The first kappa shape index (κ1) is 21.6. The number of fused-ring (bicyclic) bond motifs is 1. The van der Waals surface area contributed by atoms with Gasteiger partial charge in [-0.15, -0.1) is 11.8 Å². The van der Waals surface area contributed by atoms with E-state index in [9.17, 15) is 23.2 Å². The fraction of sp³-hybridized carbons (Fsp3) is 0.250. The number of alkyl halides is 2. The molecule has 0 atom stereocenters. The average molecular weight is 436 g/mol. The van der Waals surface area contributed by atoms with E-state index in [1.54, 1.807) is 24.3 Å². The minimum absolute atomic E-state index is 0.0602. The van der Waals surface area contributed by atoms with Crippen molar-refractivity contribution in [3.63, 3.8) is 0 Å². The molecule has 3 rings (SSSR count). The Morgan fingerprint density at radius 3 is 2.67 bits per heavy atom. The molecule has 7 nitrogen and oxygen atoms in total. The Morgan fingerprint density at radius 1 is 1.17 bits per heavy atom. The SMILES string of the molecule is O=C(COC(=O)c1ccc2c(c1)NC(=O)CS2)NCCc1ccc(OC(F)F)cc1. The van der Waals surface area contributed by atoms with Gasteiger partial charge < -0.3 is 20.1 Å². The number of carbonyl (C=O) groups excluding carboxylic acids is 3. The number of anilines is 1. The number of rotatable bonds is 8. The summed E-state index contributed by atoms with van der Waals surface area (Å²) < 4.78 is 33.5. The molecule has 30 heavy (non-hydrogen) atoms. The van der Waals surface area contributed by atoms with E-state index in [1.807, 2.05) is 0 Å². The average Bonchev–Trinajstić information content (AvgIpc) is 2.72. The Labute approximate surface area is 175 Å². The lowest BCUT2D eigenvalue weighted by atomic mass is 10.1. The number of thioether (sulfide) groups is 1. The monoisotopic (exact) mass is 436 g/mol. The normalized spacial score (nSPS) is 12.7. The number of esters is 1. The highest BCUT2D eigenvalue weighted by molar-refractivity contribution is 8.00. The lowest BCUT2D eigenvalue weighted by Gasteiger charge is -2.16. The minimum atomic E-state index is -2.88. The zero-order valence-corrected chi connectivity index (χ0v) is 16.5. The molecular formula is C20H18F2N2O5S. The van der Waals surface area contributed by atoms with E-state index >= 15 is 0 Å². The lowest BCUT2D eigenvalue weighted by molar-refractivity contribution is -0.124. The molecule has 0 saturated heterocycles. The Balaban J connectivity index is 1.41. The Hall–Kier alpha value is -3.14. The number of halogens is 2. The summed E-state index contributed by atoms with van der Waals surface area (Å²) in [5.41, 5.74) is 1.60. The van der Waals surface area contributed by atoms with Crippen molar-refractivity contribution in [2.24, 2.45) is 0 Å². The summed E-state index contributed by atoms with van der Waals surface area (Å²) in [5.74, 6) is -0.904. The first-order valence-corrected chi connectivity index (χ1v) is 9.93. The van der Waals surface area contributed by atoms with Gasteiger partial charge in [0.25, 0.3) is 5.91 Å². The summed E-state index contributed by atoms with van der Waals surface area (Å²) in [6.07, 6.45) is 0.469. The molecule has 0 bridgehead atoms. The number of ether oxygens (including phenoxy) is 2. The second-order valence-electron chi connectivity index (χ2n) is 6.25. The van der Waals surface area contributed by atoms with E-state index in [4.69, 9.17) is 4.74 Å². The molecule has 0 fully saturated rings. The third-order valence-electron chi connectivity index (χ3n) is 4.07. The smallest absolute Gasteiger partial charge is 0.387 e. The van der Waals surface area contributed by atoms with E-state index in [0.29, 0.717) is 17.9 Å². The van der Waals surface area contributed by atoms with Gasteiger partial charge in [-0.25, -0.2) is 4.79 Å². The first-order valence-electron chi connectivity index (χ1n) is 8.95. The summed E-state index contributed by atoms with van der Waals surface area (Å²) in [6, 6.07) is 10.9. The van der Waals surface area contributed by atoms with Crippen LogP contribution in [-0.2, 0) is 20.7 Å². The van der Waals surface area contributed by atoms with Crippen LogP contribution in [-0.4, -0.2) is 43.3 Å². The summed E-state index contributed by atoms with van der Waals surface area (Å²) in [7, 11) is 0. The number of hydrogen-bond acceptors (Lipinski definition) is 6. The van der Waals surface area contributed by atoms with Crippen LogP contribution < -0.4 is 15.4 Å². The van der Waals surface area contributed by atoms with Crippen molar-refractivity contribution < 1.29 is 32.6 Å². The number of hydrogen-bond donors (Lipinski definition) is 2. The fourth-order valence-corrected chi connectivity index (χ4v) is 3.45. The van der Waals surface area contributed by atoms with Crippen molar-refractivity contribution in [1.29, 1.82) is 0 Å². The van der Waals surface area contributed by atoms with E-state index in [2.05, 4.69) is 15.4 Å². The number of carbonyl (C=O) groups is 3. The van der Waals surface area contributed by atoms with Crippen molar-refractivity contribution in [2.45, 2.75) is 17.9 Å². The van der Waals surface area contributed by atoms with E-state index < -0.39 is 25.1 Å². The molecule has 1 heterocycles. The second-order valence-corrected chi connectivity index (χ2v) is 7.26. The molecule has 2 N–H and O–H groups in total. The largest absolute Gasteiger partial charge is 0.452 e. The molecule has 0 unspecified atom stereocenters. The van der Waals surface area contributed by atoms with Gasteiger partial charge in [-0.2, -0.15) is 8.78 Å². The van der Waals surface area contributed by atoms with E-state index in [0.717, 1.165) is 10.5 Å². The van der Waals surface area contributed by atoms with Crippen LogP contribution in [0.25, 0.3) is 0 Å². The maximum Gasteiger partial charge on any atom is 0.387 e. The van der Waals surface area contributed by atoms with Crippen LogP contribution in [0.5, 0.6) is 5.75 Å². The molecule has 1 aliphatic heterocycles. The predicted octanol–water partition coefficient (Wildman–Crippen LogP) is 2.85. The highest BCUT2D eigenvalue weighted by atomic mass is 32.2. The van der Waals surface area contributed by atoms with Gasteiger partial charge in [-0.1, -0.05) is 12.1 Å². The third-order valence-corrected chi connectivity index (χ3v) is 5.14. The lowest BCUT2D eigenvalue weighted by Crippen LogP contribution is -2.30. The van der Waals surface area contributed by atoms with Crippen molar-refractivity contribution in [2.75, 3.05) is 24.2 Å². The summed E-state index contributed by atoms with van der Waals surface area (Å²) in [5, 5.41) is 5.30. The standard InChI is InChI=1S/C20H18F2N2O5S/c21-20(22)29-14-4-1-12(2-5-14)7-8-23-17(25)10-28-19(27)13-3-6-16-15(9-13)24-18(26)11-30-16/h1-6,9,20H,7-8,10-11H2,(H,23,25)(H,24,26). The zero-order valence-electron chi connectivity index (χ0n) is 15.7. The summed E-state index contributed by atoms with van der Waals surface area (Å²) >= 11 is 1.38.